The molecule has 1 aliphatic heterocycles. The summed E-state index contributed by atoms with van der Waals surface area (Å²) in [6, 6.07) is 13.7. The van der Waals surface area contributed by atoms with Crippen molar-refractivity contribution in [3.63, 3.8) is 0 Å². The van der Waals surface area contributed by atoms with Crippen LogP contribution in [0.3, 0.4) is 0 Å². The number of hydrogen-bond acceptors (Lipinski definition) is 4. The number of amides is 2. The number of benzene rings is 2. The van der Waals surface area contributed by atoms with Crippen LogP contribution in [0.1, 0.15) is 28.7 Å². The average Bonchev–Trinajstić information content (AvgIpc) is 2.78. The van der Waals surface area contributed by atoms with E-state index in [-0.39, 0.29) is 18.2 Å². The van der Waals surface area contributed by atoms with Gasteiger partial charge >= 0.3 is 0 Å². The first-order valence-corrected chi connectivity index (χ1v) is 10.8. The highest BCUT2D eigenvalue weighted by molar-refractivity contribution is 5.88. The van der Waals surface area contributed by atoms with Gasteiger partial charge in [-0.25, -0.2) is 0 Å². The molecule has 1 saturated heterocycles. The zero-order valence-electron chi connectivity index (χ0n) is 19.0. The summed E-state index contributed by atoms with van der Waals surface area (Å²) >= 11 is 0. The molecule has 1 fully saturated rings. The van der Waals surface area contributed by atoms with E-state index in [0.29, 0.717) is 19.6 Å². The summed E-state index contributed by atoms with van der Waals surface area (Å²) in [5.41, 5.74) is 4.62. The second-order valence-corrected chi connectivity index (χ2v) is 8.21. The smallest absolute Gasteiger partial charge is 0.237 e. The lowest BCUT2D eigenvalue weighted by atomic mass is 10.00. The Morgan fingerprint density at radius 2 is 1.90 bits per heavy atom. The van der Waals surface area contributed by atoms with Crippen LogP contribution in [0.25, 0.3) is 0 Å². The standard InChI is InChI=1S/C25H33N3O3/c1-18-19(2)23(31-4)11-10-21(18)17-28-15-13-26-25(30)22(28)16-24(29)27(3)14-12-20-8-6-5-7-9-20/h5-11,22H,12-17H2,1-4H3,(H,26,30). The SMILES string of the molecule is COc1ccc(CN2CCNC(=O)C2CC(=O)N(C)CCc2ccccc2)c(C)c1C. The Morgan fingerprint density at radius 3 is 2.61 bits per heavy atom. The molecular weight excluding hydrogens is 390 g/mol. The Kier molecular flexibility index (Phi) is 7.69. The maximum atomic E-state index is 12.9. The lowest BCUT2D eigenvalue weighted by Crippen LogP contribution is -2.56. The molecule has 1 aliphatic rings. The van der Waals surface area contributed by atoms with Gasteiger partial charge in [-0.3, -0.25) is 14.5 Å². The third-order valence-electron chi connectivity index (χ3n) is 6.26. The summed E-state index contributed by atoms with van der Waals surface area (Å²) in [5.74, 6) is 0.786. The van der Waals surface area contributed by atoms with Crippen LogP contribution in [0, 0.1) is 13.8 Å². The number of methoxy groups -OCH3 is 1. The lowest BCUT2D eigenvalue weighted by molar-refractivity contribution is -0.138. The van der Waals surface area contributed by atoms with E-state index in [2.05, 4.69) is 35.3 Å². The first kappa shape index (κ1) is 22.8. The molecule has 6 heteroatoms. The third-order valence-corrected chi connectivity index (χ3v) is 6.26. The fourth-order valence-corrected chi connectivity index (χ4v) is 4.02. The highest BCUT2D eigenvalue weighted by Crippen LogP contribution is 2.26. The number of ether oxygens (including phenoxy) is 1. The summed E-state index contributed by atoms with van der Waals surface area (Å²) in [6.07, 6.45) is 0.985. The predicted molar refractivity (Wildman–Crippen MR) is 122 cm³/mol. The van der Waals surface area contributed by atoms with Gasteiger partial charge in [0.25, 0.3) is 0 Å². The van der Waals surface area contributed by atoms with Crippen molar-refractivity contribution in [2.24, 2.45) is 0 Å². The number of carbonyl (C=O) groups is 2. The average molecular weight is 424 g/mol. The number of hydrogen-bond donors (Lipinski definition) is 1. The molecule has 0 spiro atoms. The Labute approximate surface area is 185 Å². The monoisotopic (exact) mass is 423 g/mol. The number of piperazine rings is 1. The minimum absolute atomic E-state index is 0.00869. The van der Waals surface area contributed by atoms with Crippen molar-refractivity contribution >= 4 is 11.8 Å². The molecule has 2 aromatic rings. The van der Waals surface area contributed by atoms with Crippen molar-refractivity contribution in [3.8, 4) is 5.75 Å². The maximum absolute atomic E-state index is 12.9. The minimum atomic E-state index is -0.456. The second-order valence-electron chi connectivity index (χ2n) is 8.21. The van der Waals surface area contributed by atoms with Gasteiger partial charge in [0.15, 0.2) is 0 Å². The summed E-state index contributed by atoms with van der Waals surface area (Å²) in [4.78, 5) is 29.4. The number of likely N-dealkylation sites (N-methyl/N-ethyl adjacent to an activating group) is 1. The summed E-state index contributed by atoms with van der Waals surface area (Å²) in [6.45, 7) is 6.71. The quantitative estimate of drug-likeness (QED) is 0.709. The van der Waals surface area contributed by atoms with Gasteiger partial charge in [0.2, 0.25) is 11.8 Å². The van der Waals surface area contributed by atoms with Crippen LogP contribution >= 0.6 is 0 Å². The van der Waals surface area contributed by atoms with E-state index in [1.165, 1.54) is 5.56 Å². The molecule has 1 unspecified atom stereocenters. The van der Waals surface area contributed by atoms with Gasteiger partial charge in [-0.05, 0) is 48.6 Å². The van der Waals surface area contributed by atoms with Crippen LogP contribution in [-0.2, 0) is 22.6 Å². The van der Waals surface area contributed by atoms with Crippen LogP contribution in [0.4, 0.5) is 0 Å². The second kappa shape index (κ2) is 10.4. The first-order chi connectivity index (χ1) is 14.9. The van der Waals surface area contributed by atoms with Gasteiger partial charge in [0, 0.05) is 33.2 Å². The Balaban J connectivity index is 1.66. The molecule has 166 valence electrons. The van der Waals surface area contributed by atoms with Crippen molar-refractivity contribution in [2.45, 2.75) is 39.3 Å². The summed E-state index contributed by atoms with van der Waals surface area (Å²) in [5, 5.41) is 2.92. The number of rotatable bonds is 8. The first-order valence-electron chi connectivity index (χ1n) is 10.8. The van der Waals surface area contributed by atoms with E-state index in [0.717, 1.165) is 35.4 Å². The molecule has 1 N–H and O–H groups in total. The molecule has 2 amide bonds. The van der Waals surface area contributed by atoms with Crippen molar-refractivity contribution in [1.29, 1.82) is 0 Å². The van der Waals surface area contributed by atoms with Crippen LogP contribution in [0.2, 0.25) is 0 Å². The fourth-order valence-electron chi connectivity index (χ4n) is 4.02. The molecule has 0 bridgehead atoms. The van der Waals surface area contributed by atoms with Crippen molar-refractivity contribution in [3.05, 3.63) is 64.7 Å². The van der Waals surface area contributed by atoms with Gasteiger partial charge in [-0.1, -0.05) is 36.4 Å². The van der Waals surface area contributed by atoms with Crippen LogP contribution < -0.4 is 10.1 Å². The van der Waals surface area contributed by atoms with Gasteiger partial charge in [-0.15, -0.1) is 0 Å². The van der Waals surface area contributed by atoms with E-state index in [4.69, 9.17) is 4.74 Å². The molecule has 31 heavy (non-hydrogen) atoms. The van der Waals surface area contributed by atoms with E-state index in [1.54, 1.807) is 12.0 Å². The molecule has 3 rings (SSSR count). The number of carbonyl (C=O) groups excluding carboxylic acids is 2. The van der Waals surface area contributed by atoms with Crippen molar-refractivity contribution in [2.75, 3.05) is 33.8 Å². The summed E-state index contributed by atoms with van der Waals surface area (Å²) in [7, 11) is 3.49. The fraction of sp³-hybridized carbons (Fsp3) is 0.440. The van der Waals surface area contributed by atoms with Crippen LogP contribution in [0.15, 0.2) is 42.5 Å². The molecule has 6 nitrogen and oxygen atoms in total. The Bertz CT molecular complexity index is 914. The topological polar surface area (TPSA) is 61.9 Å². The molecule has 2 aromatic carbocycles. The van der Waals surface area contributed by atoms with E-state index >= 15 is 0 Å². The molecule has 0 aliphatic carbocycles. The largest absolute Gasteiger partial charge is 0.496 e. The van der Waals surface area contributed by atoms with Gasteiger partial charge in [0.05, 0.1) is 19.6 Å². The predicted octanol–water partition coefficient (Wildman–Crippen LogP) is 2.70. The van der Waals surface area contributed by atoms with E-state index in [1.807, 2.05) is 38.2 Å². The minimum Gasteiger partial charge on any atom is -0.496 e. The number of nitrogens with zero attached hydrogens (tertiary/aromatic N) is 2. The van der Waals surface area contributed by atoms with E-state index < -0.39 is 6.04 Å². The lowest BCUT2D eigenvalue weighted by Gasteiger charge is -2.36. The summed E-state index contributed by atoms with van der Waals surface area (Å²) < 4.78 is 5.41. The highest BCUT2D eigenvalue weighted by atomic mass is 16.5. The normalized spacial score (nSPS) is 16.6. The van der Waals surface area contributed by atoms with Crippen molar-refractivity contribution in [1.82, 2.24) is 15.1 Å². The molecule has 0 saturated carbocycles. The van der Waals surface area contributed by atoms with Crippen molar-refractivity contribution < 1.29 is 14.3 Å². The Morgan fingerprint density at radius 1 is 1.16 bits per heavy atom. The maximum Gasteiger partial charge on any atom is 0.237 e. The van der Waals surface area contributed by atoms with Gasteiger partial charge in [0.1, 0.15) is 5.75 Å². The van der Waals surface area contributed by atoms with Crippen LogP contribution in [-0.4, -0.2) is 61.4 Å². The Hall–Kier alpha value is -2.86. The molecule has 1 atom stereocenters. The molecule has 0 aromatic heterocycles. The van der Waals surface area contributed by atoms with Gasteiger partial charge < -0.3 is 15.0 Å². The number of nitrogens with one attached hydrogen (secondary N) is 1. The van der Waals surface area contributed by atoms with E-state index in [9.17, 15) is 9.59 Å². The zero-order chi connectivity index (χ0) is 22.4. The zero-order valence-corrected chi connectivity index (χ0v) is 19.0. The molecule has 1 heterocycles. The van der Waals surface area contributed by atoms with Gasteiger partial charge in [-0.2, -0.15) is 0 Å². The third kappa shape index (κ3) is 5.64. The van der Waals surface area contributed by atoms with Crippen LogP contribution in [0.5, 0.6) is 5.75 Å². The highest BCUT2D eigenvalue weighted by Gasteiger charge is 2.32. The molecule has 0 radical (unpaired) electrons. The molecular formula is C25H33N3O3.